The molecule has 5 nitrogen and oxygen atoms in total. The van der Waals surface area contributed by atoms with E-state index in [1.165, 1.54) is 0 Å². The number of benzene rings is 1. The van der Waals surface area contributed by atoms with Gasteiger partial charge >= 0.3 is 0 Å². The van der Waals surface area contributed by atoms with E-state index in [9.17, 15) is 4.79 Å². The summed E-state index contributed by atoms with van der Waals surface area (Å²) >= 11 is 0. The number of carbonyl (C=O) groups is 1. The van der Waals surface area contributed by atoms with Crippen LogP contribution >= 0.6 is 0 Å². The number of nitrogens with one attached hydrogen (secondary N) is 1. The molecule has 1 heterocycles. The molecule has 2 aromatic rings. The molecule has 0 radical (unpaired) electrons. The molecule has 0 fully saturated rings. The van der Waals surface area contributed by atoms with Crippen molar-refractivity contribution < 1.29 is 9.32 Å². The van der Waals surface area contributed by atoms with Crippen LogP contribution in [0.5, 0.6) is 0 Å². The number of unbranched alkanes of at least 4 members (excludes halogenated alkanes) is 1. The fourth-order valence-electron chi connectivity index (χ4n) is 2.12. The summed E-state index contributed by atoms with van der Waals surface area (Å²) in [5, 5.41) is 6.72. The Morgan fingerprint density at radius 2 is 2.18 bits per heavy atom. The summed E-state index contributed by atoms with van der Waals surface area (Å²) in [7, 11) is 0. The van der Waals surface area contributed by atoms with Gasteiger partial charge in [0.25, 0.3) is 0 Å². The first kappa shape index (κ1) is 15.9. The number of nitrogens with zero attached hydrogens (tertiary/aromatic N) is 2. The Morgan fingerprint density at radius 1 is 1.41 bits per heavy atom. The molecule has 0 saturated carbocycles. The monoisotopic (exact) mass is 299 g/mol. The standard InChI is InChI=1S/C17H21N3O2/c1-3-5-11-18-16(21)12-15-19-17(22-20-15)14(4-2)13-9-7-6-8-10-13/h4,6-10,14H,2-3,5,11-12H2,1H3,(H,18,21). The zero-order valence-corrected chi connectivity index (χ0v) is 12.8. The van der Waals surface area contributed by atoms with Crippen molar-refractivity contribution in [3.8, 4) is 0 Å². The number of allylic oxidation sites excluding steroid dienone is 1. The summed E-state index contributed by atoms with van der Waals surface area (Å²) in [5.74, 6) is 0.602. The number of amides is 1. The maximum absolute atomic E-state index is 11.8. The second-order valence-corrected chi connectivity index (χ2v) is 5.05. The largest absolute Gasteiger partial charge is 0.356 e. The maximum atomic E-state index is 11.8. The van der Waals surface area contributed by atoms with E-state index < -0.39 is 0 Å². The Hall–Kier alpha value is -2.43. The van der Waals surface area contributed by atoms with Crippen LogP contribution in [0.4, 0.5) is 0 Å². The molecule has 1 amide bonds. The topological polar surface area (TPSA) is 68.0 Å². The maximum Gasteiger partial charge on any atom is 0.238 e. The molecule has 116 valence electrons. The molecule has 1 aromatic carbocycles. The highest BCUT2D eigenvalue weighted by atomic mass is 16.5. The molecule has 1 aromatic heterocycles. The van der Waals surface area contributed by atoms with Crippen LogP contribution in [0.15, 0.2) is 47.5 Å². The minimum Gasteiger partial charge on any atom is -0.356 e. The second-order valence-electron chi connectivity index (χ2n) is 5.05. The van der Waals surface area contributed by atoms with E-state index in [2.05, 4.69) is 29.0 Å². The van der Waals surface area contributed by atoms with E-state index in [0.29, 0.717) is 18.3 Å². The fourth-order valence-corrected chi connectivity index (χ4v) is 2.12. The Morgan fingerprint density at radius 3 is 2.86 bits per heavy atom. The summed E-state index contributed by atoms with van der Waals surface area (Å²) in [5.41, 5.74) is 1.03. The Bertz CT molecular complexity index is 607. The third-order valence-corrected chi connectivity index (χ3v) is 3.32. The smallest absolute Gasteiger partial charge is 0.238 e. The normalized spacial score (nSPS) is 11.9. The summed E-state index contributed by atoms with van der Waals surface area (Å²) in [4.78, 5) is 16.1. The van der Waals surface area contributed by atoms with Crippen LogP contribution in [-0.2, 0) is 11.2 Å². The molecule has 0 aliphatic heterocycles. The van der Waals surface area contributed by atoms with Gasteiger partial charge in [0.2, 0.25) is 11.8 Å². The van der Waals surface area contributed by atoms with Gasteiger partial charge in [-0.25, -0.2) is 0 Å². The van der Waals surface area contributed by atoms with E-state index >= 15 is 0 Å². The number of aromatic nitrogens is 2. The molecule has 5 heteroatoms. The fraction of sp³-hybridized carbons (Fsp3) is 0.353. The molecule has 1 atom stereocenters. The zero-order chi connectivity index (χ0) is 15.8. The predicted octanol–water partition coefficient (Wildman–Crippen LogP) is 2.85. The molecular weight excluding hydrogens is 278 g/mol. The predicted molar refractivity (Wildman–Crippen MR) is 84.4 cm³/mol. The summed E-state index contributed by atoms with van der Waals surface area (Å²) < 4.78 is 5.29. The number of hydrogen-bond donors (Lipinski definition) is 1. The highest BCUT2D eigenvalue weighted by Gasteiger charge is 2.18. The van der Waals surface area contributed by atoms with Gasteiger partial charge in [0.05, 0.1) is 12.3 Å². The van der Waals surface area contributed by atoms with Crippen molar-refractivity contribution in [3.63, 3.8) is 0 Å². The molecule has 0 bridgehead atoms. The van der Waals surface area contributed by atoms with Gasteiger partial charge in [-0.05, 0) is 12.0 Å². The second kappa shape index (κ2) is 8.12. The molecule has 0 spiro atoms. The van der Waals surface area contributed by atoms with E-state index in [-0.39, 0.29) is 18.2 Å². The molecule has 0 saturated heterocycles. The third-order valence-electron chi connectivity index (χ3n) is 3.32. The number of carbonyl (C=O) groups excluding carboxylic acids is 1. The summed E-state index contributed by atoms with van der Waals surface area (Å²) in [6.45, 7) is 6.59. The lowest BCUT2D eigenvalue weighted by atomic mass is 9.99. The quantitative estimate of drug-likeness (QED) is 0.601. The van der Waals surface area contributed by atoms with E-state index in [0.717, 1.165) is 18.4 Å². The Balaban J connectivity index is 2.01. The van der Waals surface area contributed by atoms with Gasteiger partial charge < -0.3 is 9.84 Å². The van der Waals surface area contributed by atoms with Crippen LogP contribution in [0, 0.1) is 0 Å². The molecule has 2 rings (SSSR count). The highest BCUT2D eigenvalue weighted by Crippen LogP contribution is 2.23. The van der Waals surface area contributed by atoms with Crippen LogP contribution in [0.1, 0.15) is 43.0 Å². The van der Waals surface area contributed by atoms with Crippen molar-refractivity contribution in [3.05, 3.63) is 60.3 Å². The lowest BCUT2D eigenvalue weighted by Gasteiger charge is -2.06. The van der Waals surface area contributed by atoms with Crippen LogP contribution in [0.25, 0.3) is 0 Å². The van der Waals surface area contributed by atoms with Gasteiger partial charge in [-0.3, -0.25) is 4.79 Å². The Labute approximate surface area is 130 Å². The van der Waals surface area contributed by atoms with Gasteiger partial charge in [0.15, 0.2) is 5.82 Å². The van der Waals surface area contributed by atoms with Gasteiger partial charge in [0.1, 0.15) is 0 Å². The van der Waals surface area contributed by atoms with Gasteiger partial charge in [-0.15, -0.1) is 6.58 Å². The van der Waals surface area contributed by atoms with Crippen molar-refractivity contribution in [2.45, 2.75) is 32.1 Å². The minimum atomic E-state index is -0.161. The molecular formula is C17H21N3O2. The lowest BCUT2D eigenvalue weighted by molar-refractivity contribution is -0.120. The lowest BCUT2D eigenvalue weighted by Crippen LogP contribution is -2.26. The third kappa shape index (κ3) is 4.28. The minimum absolute atomic E-state index is 0.0873. The first-order valence-electron chi connectivity index (χ1n) is 7.51. The van der Waals surface area contributed by atoms with Crippen LogP contribution in [0.3, 0.4) is 0 Å². The van der Waals surface area contributed by atoms with Gasteiger partial charge in [-0.1, -0.05) is 54.9 Å². The Kier molecular flexibility index (Phi) is 5.89. The van der Waals surface area contributed by atoms with E-state index in [1.807, 2.05) is 30.3 Å². The zero-order valence-electron chi connectivity index (χ0n) is 12.8. The van der Waals surface area contributed by atoms with Crippen molar-refractivity contribution in [2.24, 2.45) is 0 Å². The van der Waals surface area contributed by atoms with Crippen molar-refractivity contribution in [1.29, 1.82) is 0 Å². The van der Waals surface area contributed by atoms with Gasteiger partial charge in [-0.2, -0.15) is 4.98 Å². The molecule has 1 N–H and O–H groups in total. The molecule has 0 aliphatic rings. The number of hydrogen-bond acceptors (Lipinski definition) is 4. The SMILES string of the molecule is C=CC(c1ccccc1)c1nc(CC(=O)NCCCC)no1. The number of rotatable bonds is 8. The van der Waals surface area contributed by atoms with Crippen molar-refractivity contribution in [1.82, 2.24) is 15.5 Å². The summed E-state index contributed by atoms with van der Waals surface area (Å²) in [6.07, 6.45) is 3.90. The van der Waals surface area contributed by atoms with Crippen LogP contribution in [-0.4, -0.2) is 22.6 Å². The van der Waals surface area contributed by atoms with E-state index in [1.54, 1.807) is 6.08 Å². The van der Waals surface area contributed by atoms with E-state index in [4.69, 9.17) is 4.52 Å². The van der Waals surface area contributed by atoms with Gasteiger partial charge in [0, 0.05) is 6.54 Å². The van der Waals surface area contributed by atoms with Crippen LogP contribution in [0.2, 0.25) is 0 Å². The van der Waals surface area contributed by atoms with Crippen LogP contribution < -0.4 is 5.32 Å². The first-order chi connectivity index (χ1) is 10.7. The molecule has 22 heavy (non-hydrogen) atoms. The first-order valence-corrected chi connectivity index (χ1v) is 7.51. The van der Waals surface area contributed by atoms with Crippen molar-refractivity contribution >= 4 is 5.91 Å². The highest BCUT2D eigenvalue weighted by molar-refractivity contribution is 5.77. The molecule has 1 unspecified atom stereocenters. The van der Waals surface area contributed by atoms with Crippen molar-refractivity contribution in [2.75, 3.05) is 6.54 Å². The molecule has 0 aliphatic carbocycles. The average molecular weight is 299 g/mol. The summed E-state index contributed by atoms with van der Waals surface area (Å²) in [6, 6.07) is 9.81. The average Bonchev–Trinajstić information content (AvgIpc) is 2.97.